The van der Waals surface area contributed by atoms with E-state index in [0.717, 1.165) is 73.8 Å². The molecule has 0 fully saturated rings. The van der Waals surface area contributed by atoms with E-state index in [0.29, 0.717) is 6.42 Å². The van der Waals surface area contributed by atoms with Crippen LogP contribution in [-0.4, -0.2) is 27.8 Å². The maximum absolute atomic E-state index is 10.4. The van der Waals surface area contributed by atoms with Gasteiger partial charge in [0.05, 0.1) is 11.4 Å². The fourth-order valence-electron chi connectivity index (χ4n) is 2.67. The Morgan fingerprint density at radius 2 is 2.22 bits per heavy atom. The number of aryl methyl sites for hydroxylation is 2. The third-order valence-corrected chi connectivity index (χ3v) is 3.81. The summed E-state index contributed by atoms with van der Waals surface area (Å²) in [5.74, 6) is 2.39. The summed E-state index contributed by atoms with van der Waals surface area (Å²) < 4.78 is 0. The van der Waals surface area contributed by atoms with E-state index in [9.17, 15) is 4.79 Å². The van der Waals surface area contributed by atoms with Crippen molar-refractivity contribution in [3.8, 4) is 0 Å². The number of aldehydes is 1. The minimum absolute atomic E-state index is 0.603. The molecule has 120 valence electrons. The molecule has 0 atom stereocenters. The van der Waals surface area contributed by atoms with E-state index in [4.69, 9.17) is 4.98 Å². The van der Waals surface area contributed by atoms with E-state index < -0.39 is 0 Å². The fraction of sp³-hybridized carbons (Fsp3) is 0.412. The number of hydrogen-bond acceptors (Lipinski definition) is 6. The molecule has 1 aliphatic heterocycles. The Hall–Kier alpha value is -2.50. The number of anilines is 3. The van der Waals surface area contributed by atoms with Gasteiger partial charge in [0.1, 0.15) is 17.9 Å². The van der Waals surface area contributed by atoms with Gasteiger partial charge in [0.15, 0.2) is 5.82 Å². The number of aromatic nitrogens is 3. The molecule has 0 saturated carbocycles. The standard InChI is InChI=1S/C17H21N5O/c23-12-5-1-2-9-15-20-13-7-6-11-19-16(13)17(22-15)21-14-8-3-4-10-18-14/h3-4,8,10,12,19H,1-2,5-7,9,11H2,(H,18,20,21,22). The molecule has 6 heteroatoms. The highest BCUT2D eigenvalue weighted by Gasteiger charge is 2.17. The lowest BCUT2D eigenvalue weighted by Crippen LogP contribution is -2.17. The second-order valence-corrected chi connectivity index (χ2v) is 5.59. The second kappa shape index (κ2) is 7.67. The SMILES string of the molecule is O=CCCCCc1nc2c(c(Nc3ccccn3)n1)NCCC2. The average molecular weight is 311 g/mol. The molecule has 0 radical (unpaired) electrons. The highest BCUT2D eigenvalue weighted by Crippen LogP contribution is 2.29. The Bertz CT molecular complexity index is 660. The summed E-state index contributed by atoms with van der Waals surface area (Å²) in [5, 5.41) is 6.69. The molecule has 2 aromatic rings. The van der Waals surface area contributed by atoms with Crippen LogP contribution in [0.2, 0.25) is 0 Å². The monoisotopic (exact) mass is 311 g/mol. The summed E-state index contributed by atoms with van der Waals surface area (Å²) in [6, 6.07) is 5.75. The van der Waals surface area contributed by atoms with Crippen LogP contribution in [0.15, 0.2) is 24.4 Å². The summed E-state index contributed by atoms with van der Waals surface area (Å²) in [6.07, 6.45) is 7.96. The van der Waals surface area contributed by atoms with E-state index in [1.807, 2.05) is 18.2 Å². The van der Waals surface area contributed by atoms with Gasteiger partial charge >= 0.3 is 0 Å². The van der Waals surface area contributed by atoms with E-state index in [1.54, 1.807) is 6.20 Å². The lowest BCUT2D eigenvalue weighted by atomic mass is 10.1. The summed E-state index contributed by atoms with van der Waals surface area (Å²) in [6.45, 7) is 0.936. The van der Waals surface area contributed by atoms with Crippen LogP contribution >= 0.6 is 0 Å². The van der Waals surface area contributed by atoms with Crippen LogP contribution in [0, 0.1) is 0 Å². The fourth-order valence-corrected chi connectivity index (χ4v) is 2.67. The van der Waals surface area contributed by atoms with Crippen LogP contribution in [0.5, 0.6) is 0 Å². The molecule has 2 N–H and O–H groups in total. The Morgan fingerprint density at radius 1 is 1.26 bits per heavy atom. The predicted octanol–water partition coefficient (Wildman–Crippen LogP) is 2.89. The zero-order chi connectivity index (χ0) is 15.9. The summed E-state index contributed by atoms with van der Waals surface area (Å²) in [5.41, 5.74) is 2.05. The smallest absolute Gasteiger partial charge is 0.159 e. The summed E-state index contributed by atoms with van der Waals surface area (Å²) in [4.78, 5) is 24.1. The van der Waals surface area contributed by atoms with Gasteiger partial charge in [0, 0.05) is 25.6 Å². The van der Waals surface area contributed by atoms with Gasteiger partial charge in [-0.1, -0.05) is 6.07 Å². The highest BCUT2D eigenvalue weighted by molar-refractivity contribution is 5.72. The number of nitrogens with one attached hydrogen (secondary N) is 2. The van der Waals surface area contributed by atoms with Crippen molar-refractivity contribution in [3.63, 3.8) is 0 Å². The van der Waals surface area contributed by atoms with Crippen molar-refractivity contribution in [2.75, 3.05) is 17.2 Å². The topological polar surface area (TPSA) is 79.8 Å². The number of carbonyl (C=O) groups excluding carboxylic acids is 1. The minimum Gasteiger partial charge on any atom is -0.381 e. The normalized spacial score (nSPS) is 13.0. The summed E-state index contributed by atoms with van der Waals surface area (Å²) >= 11 is 0. The van der Waals surface area contributed by atoms with Gasteiger partial charge in [0.25, 0.3) is 0 Å². The van der Waals surface area contributed by atoms with E-state index in [-0.39, 0.29) is 0 Å². The first kappa shape index (κ1) is 15.4. The maximum Gasteiger partial charge on any atom is 0.159 e. The molecule has 0 aliphatic carbocycles. The molecule has 0 amide bonds. The van der Waals surface area contributed by atoms with Crippen LogP contribution in [0.4, 0.5) is 17.3 Å². The molecule has 3 heterocycles. The first-order valence-electron chi connectivity index (χ1n) is 8.12. The second-order valence-electron chi connectivity index (χ2n) is 5.59. The summed E-state index contributed by atoms with van der Waals surface area (Å²) in [7, 11) is 0. The molecule has 2 aromatic heterocycles. The number of pyridine rings is 1. The van der Waals surface area contributed by atoms with Gasteiger partial charge < -0.3 is 15.4 Å². The molecular formula is C17H21N5O. The van der Waals surface area contributed by atoms with Crippen LogP contribution in [0.1, 0.15) is 37.2 Å². The molecule has 0 unspecified atom stereocenters. The first-order valence-corrected chi connectivity index (χ1v) is 8.12. The number of carbonyl (C=O) groups is 1. The molecule has 6 nitrogen and oxygen atoms in total. The Morgan fingerprint density at radius 3 is 3.04 bits per heavy atom. The number of nitrogens with zero attached hydrogens (tertiary/aromatic N) is 3. The number of fused-ring (bicyclic) bond motifs is 1. The van der Waals surface area contributed by atoms with Gasteiger partial charge in [-0.15, -0.1) is 0 Å². The van der Waals surface area contributed by atoms with E-state index in [1.165, 1.54) is 0 Å². The van der Waals surface area contributed by atoms with Crippen molar-refractivity contribution in [2.45, 2.75) is 38.5 Å². The van der Waals surface area contributed by atoms with Crippen molar-refractivity contribution in [3.05, 3.63) is 35.9 Å². The Kier molecular flexibility index (Phi) is 5.13. The number of hydrogen-bond donors (Lipinski definition) is 2. The largest absolute Gasteiger partial charge is 0.381 e. The minimum atomic E-state index is 0.603. The third kappa shape index (κ3) is 4.03. The van der Waals surface area contributed by atoms with Crippen molar-refractivity contribution < 1.29 is 4.79 Å². The van der Waals surface area contributed by atoms with Crippen LogP contribution in [-0.2, 0) is 17.6 Å². The van der Waals surface area contributed by atoms with Gasteiger partial charge in [-0.25, -0.2) is 15.0 Å². The van der Waals surface area contributed by atoms with Gasteiger partial charge in [-0.05, 0) is 37.8 Å². The van der Waals surface area contributed by atoms with Crippen molar-refractivity contribution in [2.24, 2.45) is 0 Å². The average Bonchev–Trinajstić information content (AvgIpc) is 2.60. The van der Waals surface area contributed by atoms with Crippen LogP contribution < -0.4 is 10.6 Å². The molecule has 3 rings (SSSR count). The van der Waals surface area contributed by atoms with Crippen molar-refractivity contribution >= 4 is 23.6 Å². The lowest BCUT2D eigenvalue weighted by molar-refractivity contribution is -0.107. The zero-order valence-electron chi connectivity index (χ0n) is 13.1. The first-order chi connectivity index (χ1) is 11.4. The molecule has 0 spiro atoms. The van der Waals surface area contributed by atoms with Crippen molar-refractivity contribution in [1.82, 2.24) is 15.0 Å². The Labute approximate surface area is 135 Å². The third-order valence-electron chi connectivity index (χ3n) is 3.81. The van der Waals surface area contributed by atoms with Crippen LogP contribution in [0.25, 0.3) is 0 Å². The highest BCUT2D eigenvalue weighted by atomic mass is 16.1. The zero-order valence-corrected chi connectivity index (χ0v) is 13.1. The molecule has 0 saturated heterocycles. The molecule has 1 aliphatic rings. The van der Waals surface area contributed by atoms with E-state index >= 15 is 0 Å². The molecule has 0 aromatic carbocycles. The number of unbranched alkanes of at least 4 members (excludes halogenated alkanes) is 2. The van der Waals surface area contributed by atoms with Crippen LogP contribution in [0.3, 0.4) is 0 Å². The number of rotatable bonds is 7. The Balaban J connectivity index is 1.82. The molecule has 23 heavy (non-hydrogen) atoms. The lowest BCUT2D eigenvalue weighted by Gasteiger charge is -2.21. The maximum atomic E-state index is 10.4. The molecular weight excluding hydrogens is 290 g/mol. The quantitative estimate of drug-likeness (QED) is 0.604. The molecule has 0 bridgehead atoms. The van der Waals surface area contributed by atoms with Gasteiger partial charge in [0.2, 0.25) is 0 Å². The van der Waals surface area contributed by atoms with Gasteiger partial charge in [-0.2, -0.15) is 0 Å². The van der Waals surface area contributed by atoms with E-state index in [2.05, 4.69) is 20.6 Å². The van der Waals surface area contributed by atoms with Crippen molar-refractivity contribution in [1.29, 1.82) is 0 Å². The predicted molar refractivity (Wildman–Crippen MR) is 90.0 cm³/mol. The van der Waals surface area contributed by atoms with Gasteiger partial charge in [-0.3, -0.25) is 0 Å².